The van der Waals surface area contributed by atoms with Gasteiger partial charge in [-0.3, -0.25) is 4.79 Å². The molecule has 0 aliphatic heterocycles. The number of aromatic nitrogens is 1. The van der Waals surface area contributed by atoms with Gasteiger partial charge >= 0.3 is 0 Å². The van der Waals surface area contributed by atoms with E-state index in [1.54, 1.807) is 32.5 Å². The SMILES string of the molecule is CCCCNC(=O)c1ccc(NCc2ccc(OC)c(OC)c2)nc1. The molecule has 25 heavy (non-hydrogen) atoms. The van der Waals surface area contributed by atoms with Crippen molar-refractivity contribution in [2.75, 3.05) is 26.1 Å². The molecule has 6 heteroatoms. The molecule has 0 aliphatic rings. The van der Waals surface area contributed by atoms with E-state index in [9.17, 15) is 4.79 Å². The van der Waals surface area contributed by atoms with Crippen LogP contribution < -0.4 is 20.1 Å². The molecular formula is C19H25N3O3. The first-order valence-electron chi connectivity index (χ1n) is 8.37. The first-order valence-corrected chi connectivity index (χ1v) is 8.37. The van der Waals surface area contributed by atoms with Gasteiger partial charge in [-0.1, -0.05) is 19.4 Å². The number of carbonyl (C=O) groups is 1. The van der Waals surface area contributed by atoms with Crippen LogP contribution >= 0.6 is 0 Å². The van der Waals surface area contributed by atoms with E-state index in [1.807, 2.05) is 18.2 Å². The number of carbonyl (C=O) groups excluding carboxylic acids is 1. The molecule has 2 rings (SSSR count). The van der Waals surface area contributed by atoms with Crippen LogP contribution in [-0.2, 0) is 6.54 Å². The van der Waals surface area contributed by atoms with Gasteiger partial charge in [0.1, 0.15) is 5.82 Å². The summed E-state index contributed by atoms with van der Waals surface area (Å²) >= 11 is 0. The van der Waals surface area contributed by atoms with Gasteiger partial charge in [0.05, 0.1) is 19.8 Å². The fraction of sp³-hybridized carbons (Fsp3) is 0.368. The fourth-order valence-corrected chi connectivity index (χ4v) is 2.30. The van der Waals surface area contributed by atoms with Crippen molar-refractivity contribution in [3.8, 4) is 11.5 Å². The summed E-state index contributed by atoms with van der Waals surface area (Å²) in [5, 5.41) is 6.10. The van der Waals surface area contributed by atoms with Gasteiger partial charge in [-0.25, -0.2) is 4.98 Å². The van der Waals surface area contributed by atoms with Gasteiger partial charge in [-0.05, 0) is 36.2 Å². The number of pyridine rings is 1. The Balaban J connectivity index is 1.92. The molecule has 134 valence electrons. The van der Waals surface area contributed by atoms with Crippen LogP contribution in [-0.4, -0.2) is 31.7 Å². The summed E-state index contributed by atoms with van der Waals surface area (Å²) in [4.78, 5) is 16.2. The number of nitrogens with one attached hydrogen (secondary N) is 2. The highest BCUT2D eigenvalue weighted by Gasteiger charge is 2.07. The lowest BCUT2D eigenvalue weighted by Crippen LogP contribution is -2.24. The number of methoxy groups -OCH3 is 2. The Hall–Kier alpha value is -2.76. The minimum absolute atomic E-state index is 0.0904. The number of rotatable bonds is 9. The van der Waals surface area contributed by atoms with E-state index in [1.165, 1.54) is 0 Å². The Morgan fingerprint density at radius 2 is 1.92 bits per heavy atom. The number of nitrogens with zero attached hydrogens (tertiary/aromatic N) is 1. The number of ether oxygens (including phenoxy) is 2. The van der Waals surface area contributed by atoms with Crippen LogP contribution in [0.15, 0.2) is 36.5 Å². The zero-order valence-electron chi connectivity index (χ0n) is 15.0. The third-order valence-electron chi connectivity index (χ3n) is 3.76. The van der Waals surface area contributed by atoms with Gasteiger partial charge in [0, 0.05) is 19.3 Å². The highest BCUT2D eigenvalue weighted by molar-refractivity contribution is 5.94. The molecule has 1 heterocycles. The minimum atomic E-state index is -0.0904. The lowest BCUT2D eigenvalue weighted by atomic mass is 10.2. The topological polar surface area (TPSA) is 72.5 Å². The smallest absolute Gasteiger partial charge is 0.252 e. The Kier molecular flexibility index (Phi) is 7.07. The number of hydrogen-bond acceptors (Lipinski definition) is 5. The molecular weight excluding hydrogens is 318 g/mol. The van der Waals surface area contributed by atoms with Crippen LogP contribution in [0.4, 0.5) is 5.82 Å². The van der Waals surface area contributed by atoms with E-state index in [4.69, 9.17) is 9.47 Å². The summed E-state index contributed by atoms with van der Waals surface area (Å²) in [5.41, 5.74) is 1.61. The van der Waals surface area contributed by atoms with Crippen LogP contribution in [0.5, 0.6) is 11.5 Å². The largest absolute Gasteiger partial charge is 0.493 e. The number of benzene rings is 1. The summed E-state index contributed by atoms with van der Waals surface area (Å²) in [6.07, 6.45) is 3.61. The molecule has 0 spiro atoms. The Morgan fingerprint density at radius 3 is 2.56 bits per heavy atom. The lowest BCUT2D eigenvalue weighted by molar-refractivity contribution is 0.0953. The lowest BCUT2D eigenvalue weighted by Gasteiger charge is -2.11. The average molecular weight is 343 g/mol. The van der Waals surface area contributed by atoms with Crippen LogP contribution in [0.25, 0.3) is 0 Å². The molecule has 0 radical (unpaired) electrons. The van der Waals surface area contributed by atoms with Gasteiger partial charge in [0.25, 0.3) is 5.91 Å². The van der Waals surface area contributed by atoms with Crippen molar-refractivity contribution < 1.29 is 14.3 Å². The molecule has 1 amide bonds. The molecule has 1 aromatic carbocycles. The second kappa shape index (κ2) is 9.52. The van der Waals surface area contributed by atoms with Crippen LogP contribution in [0, 0.1) is 0 Å². The van der Waals surface area contributed by atoms with E-state index in [0.29, 0.717) is 36.0 Å². The molecule has 0 aliphatic carbocycles. The van der Waals surface area contributed by atoms with Crippen molar-refractivity contribution in [2.45, 2.75) is 26.3 Å². The maximum atomic E-state index is 11.9. The monoisotopic (exact) mass is 343 g/mol. The summed E-state index contributed by atoms with van der Waals surface area (Å²) in [6.45, 7) is 3.37. The van der Waals surface area contributed by atoms with Crippen molar-refractivity contribution in [3.05, 3.63) is 47.7 Å². The van der Waals surface area contributed by atoms with Crippen LogP contribution in [0.3, 0.4) is 0 Å². The second-order valence-electron chi connectivity index (χ2n) is 5.58. The first kappa shape index (κ1) is 18.6. The van der Waals surface area contributed by atoms with Gasteiger partial charge in [0.15, 0.2) is 11.5 Å². The maximum Gasteiger partial charge on any atom is 0.252 e. The van der Waals surface area contributed by atoms with Crippen molar-refractivity contribution >= 4 is 11.7 Å². The zero-order valence-corrected chi connectivity index (χ0v) is 15.0. The highest BCUT2D eigenvalue weighted by atomic mass is 16.5. The number of unbranched alkanes of at least 4 members (excludes halogenated alkanes) is 1. The highest BCUT2D eigenvalue weighted by Crippen LogP contribution is 2.27. The van der Waals surface area contributed by atoms with E-state index in [2.05, 4.69) is 22.5 Å². The molecule has 0 unspecified atom stereocenters. The van der Waals surface area contributed by atoms with E-state index >= 15 is 0 Å². The molecule has 0 atom stereocenters. The number of hydrogen-bond donors (Lipinski definition) is 2. The number of amides is 1. The summed E-state index contributed by atoms with van der Waals surface area (Å²) in [6, 6.07) is 9.32. The zero-order chi connectivity index (χ0) is 18.1. The normalized spacial score (nSPS) is 10.2. The van der Waals surface area contributed by atoms with E-state index in [-0.39, 0.29) is 5.91 Å². The third-order valence-corrected chi connectivity index (χ3v) is 3.76. The van der Waals surface area contributed by atoms with Crippen molar-refractivity contribution in [2.24, 2.45) is 0 Å². The molecule has 0 bridgehead atoms. The van der Waals surface area contributed by atoms with E-state index in [0.717, 1.165) is 18.4 Å². The molecule has 0 saturated carbocycles. The molecule has 2 N–H and O–H groups in total. The third kappa shape index (κ3) is 5.38. The fourth-order valence-electron chi connectivity index (χ4n) is 2.30. The quantitative estimate of drug-likeness (QED) is 0.684. The Bertz CT molecular complexity index is 687. The Labute approximate surface area is 148 Å². The average Bonchev–Trinajstić information content (AvgIpc) is 2.66. The van der Waals surface area contributed by atoms with Crippen molar-refractivity contribution in [1.82, 2.24) is 10.3 Å². The second-order valence-corrected chi connectivity index (χ2v) is 5.58. The summed E-state index contributed by atoms with van der Waals surface area (Å²) < 4.78 is 10.5. The first-order chi connectivity index (χ1) is 12.2. The molecule has 1 aromatic heterocycles. The van der Waals surface area contributed by atoms with Crippen molar-refractivity contribution in [3.63, 3.8) is 0 Å². The molecule has 6 nitrogen and oxygen atoms in total. The predicted molar refractivity (Wildman–Crippen MR) is 98.4 cm³/mol. The van der Waals surface area contributed by atoms with E-state index < -0.39 is 0 Å². The van der Waals surface area contributed by atoms with Gasteiger partial charge in [-0.15, -0.1) is 0 Å². The minimum Gasteiger partial charge on any atom is -0.493 e. The molecule has 0 saturated heterocycles. The maximum absolute atomic E-state index is 11.9. The predicted octanol–water partition coefficient (Wildman–Crippen LogP) is 3.24. The Morgan fingerprint density at radius 1 is 1.12 bits per heavy atom. The van der Waals surface area contributed by atoms with Gasteiger partial charge in [-0.2, -0.15) is 0 Å². The van der Waals surface area contributed by atoms with Gasteiger partial charge < -0.3 is 20.1 Å². The molecule has 0 fully saturated rings. The van der Waals surface area contributed by atoms with Gasteiger partial charge in [0.2, 0.25) is 0 Å². The number of anilines is 1. The summed E-state index contributed by atoms with van der Waals surface area (Å²) in [5.74, 6) is 2.00. The van der Waals surface area contributed by atoms with Crippen LogP contribution in [0.2, 0.25) is 0 Å². The molecule has 2 aromatic rings. The standard InChI is InChI=1S/C19H25N3O3/c1-4-5-10-20-19(23)15-7-9-18(22-13-15)21-12-14-6-8-16(24-2)17(11-14)25-3/h6-9,11,13H,4-5,10,12H2,1-3H3,(H,20,23)(H,21,22). The van der Waals surface area contributed by atoms with Crippen molar-refractivity contribution in [1.29, 1.82) is 0 Å². The summed E-state index contributed by atoms with van der Waals surface area (Å²) in [7, 11) is 3.22. The van der Waals surface area contributed by atoms with Crippen LogP contribution in [0.1, 0.15) is 35.7 Å².